The SMILES string of the molecule is Cc1ccc(/C=C2\Oc3c(ccc(OCc4c(Cl)cccc4Cl)c3C)C2=O)o1. The van der Waals surface area contributed by atoms with Gasteiger partial charge in [-0.25, -0.2) is 0 Å². The standard InChI is InChI=1S/C22H16Cl2O4/c1-12-6-7-14(27-12)10-20-21(25)15-8-9-19(13(2)22(15)28-20)26-11-16-17(23)4-3-5-18(16)24/h3-10H,11H2,1-2H3/b20-10-. The fraction of sp³-hybridized carbons (Fsp3) is 0.136. The van der Waals surface area contributed by atoms with E-state index >= 15 is 0 Å². The number of carbonyl (C=O) groups excluding carboxylic acids is 1. The maximum atomic E-state index is 12.6. The van der Waals surface area contributed by atoms with Crippen LogP contribution in [0.5, 0.6) is 11.5 Å². The van der Waals surface area contributed by atoms with E-state index in [9.17, 15) is 4.79 Å². The molecule has 0 saturated heterocycles. The van der Waals surface area contributed by atoms with Gasteiger partial charge in [-0.3, -0.25) is 4.79 Å². The van der Waals surface area contributed by atoms with Crippen molar-refractivity contribution in [2.75, 3.05) is 0 Å². The molecule has 0 amide bonds. The Balaban J connectivity index is 1.59. The number of carbonyl (C=O) groups is 1. The van der Waals surface area contributed by atoms with Crippen LogP contribution in [0.4, 0.5) is 0 Å². The minimum atomic E-state index is -0.187. The summed E-state index contributed by atoms with van der Waals surface area (Å²) < 4.78 is 17.2. The fourth-order valence-electron chi connectivity index (χ4n) is 3.00. The van der Waals surface area contributed by atoms with E-state index in [2.05, 4.69) is 0 Å². The lowest BCUT2D eigenvalue weighted by Crippen LogP contribution is -2.00. The predicted molar refractivity (Wildman–Crippen MR) is 108 cm³/mol. The summed E-state index contributed by atoms with van der Waals surface area (Å²) in [6.45, 7) is 3.89. The molecule has 2 aromatic carbocycles. The van der Waals surface area contributed by atoms with Crippen molar-refractivity contribution in [2.45, 2.75) is 20.5 Å². The molecule has 0 unspecified atom stereocenters. The summed E-state index contributed by atoms with van der Waals surface area (Å²) in [6.07, 6.45) is 1.60. The third-order valence-electron chi connectivity index (χ3n) is 4.50. The Morgan fingerprint density at radius 2 is 1.79 bits per heavy atom. The molecule has 2 heterocycles. The van der Waals surface area contributed by atoms with Gasteiger partial charge in [0.1, 0.15) is 29.6 Å². The lowest BCUT2D eigenvalue weighted by atomic mass is 10.1. The number of aryl methyl sites for hydroxylation is 1. The molecule has 28 heavy (non-hydrogen) atoms. The summed E-state index contributed by atoms with van der Waals surface area (Å²) >= 11 is 12.4. The quantitative estimate of drug-likeness (QED) is 0.463. The van der Waals surface area contributed by atoms with Crippen LogP contribution in [0.15, 0.2) is 52.6 Å². The Bertz CT molecular complexity index is 1090. The molecular formula is C22H16Cl2O4. The monoisotopic (exact) mass is 414 g/mol. The Morgan fingerprint density at radius 1 is 1.04 bits per heavy atom. The Hall–Kier alpha value is -2.69. The summed E-state index contributed by atoms with van der Waals surface area (Å²) in [5.74, 6) is 2.45. The number of ether oxygens (including phenoxy) is 2. The van der Waals surface area contributed by atoms with E-state index in [0.717, 1.165) is 11.3 Å². The topological polar surface area (TPSA) is 48.7 Å². The van der Waals surface area contributed by atoms with Gasteiger partial charge in [0.05, 0.1) is 5.56 Å². The highest BCUT2D eigenvalue weighted by Crippen LogP contribution is 2.40. The highest BCUT2D eigenvalue weighted by atomic mass is 35.5. The van der Waals surface area contributed by atoms with Crippen molar-refractivity contribution >= 4 is 35.1 Å². The van der Waals surface area contributed by atoms with E-state index < -0.39 is 0 Å². The van der Waals surface area contributed by atoms with Crippen LogP contribution in [0.3, 0.4) is 0 Å². The predicted octanol–water partition coefficient (Wildman–Crippen LogP) is 6.40. The van der Waals surface area contributed by atoms with Gasteiger partial charge in [-0.1, -0.05) is 29.3 Å². The molecule has 4 nitrogen and oxygen atoms in total. The zero-order chi connectivity index (χ0) is 19.8. The van der Waals surface area contributed by atoms with Gasteiger partial charge in [0.2, 0.25) is 5.78 Å². The first-order valence-corrected chi connectivity index (χ1v) is 9.39. The van der Waals surface area contributed by atoms with Crippen LogP contribution in [0.1, 0.15) is 33.0 Å². The molecule has 0 aliphatic carbocycles. The average molecular weight is 415 g/mol. The van der Waals surface area contributed by atoms with Crippen LogP contribution in [0, 0.1) is 13.8 Å². The van der Waals surface area contributed by atoms with Gasteiger partial charge in [0.25, 0.3) is 0 Å². The molecule has 1 aromatic heterocycles. The van der Waals surface area contributed by atoms with E-state index in [0.29, 0.717) is 38.4 Å². The smallest absolute Gasteiger partial charge is 0.232 e. The number of hydrogen-bond donors (Lipinski definition) is 0. The van der Waals surface area contributed by atoms with Gasteiger partial charge in [-0.05, 0) is 50.2 Å². The van der Waals surface area contributed by atoms with Crippen molar-refractivity contribution < 1.29 is 18.7 Å². The highest BCUT2D eigenvalue weighted by molar-refractivity contribution is 6.35. The zero-order valence-corrected chi connectivity index (χ0v) is 16.7. The van der Waals surface area contributed by atoms with Gasteiger partial charge >= 0.3 is 0 Å². The lowest BCUT2D eigenvalue weighted by molar-refractivity contribution is 0.101. The van der Waals surface area contributed by atoms with Gasteiger partial charge in [0.15, 0.2) is 5.76 Å². The second-order valence-electron chi connectivity index (χ2n) is 6.44. The summed E-state index contributed by atoms with van der Waals surface area (Å²) in [4.78, 5) is 12.6. The molecule has 0 bridgehead atoms. The first kappa shape index (κ1) is 18.7. The largest absolute Gasteiger partial charge is 0.488 e. The summed E-state index contributed by atoms with van der Waals surface area (Å²) in [5.41, 5.74) is 1.93. The second kappa shape index (κ2) is 7.38. The third kappa shape index (κ3) is 3.41. The molecule has 1 aliphatic rings. The van der Waals surface area contributed by atoms with Crippen LogP contribution in [0.2, 0.25) is 10.0 Å². The van der Waals surface area contributed by atoms with E-state index in [-0.39, 0.29) is 18.1 Å². The van der Waals surface area contributed by atoms with Crippen LogP contribution in [-0.2, 0) is 6.61 Å². The third-order valence-corrected chi connectivity index (χ3v) is 5.21. The molecule has 0 saturated carbocycles. The number of fused-ring (bicyclic) bond motifs is 1. The van der Waals surface area contributed by atoms with Gasteiger partial charge < -0.3 is 13.9 Å². The van der Waals surface area contributed by atoms with Crippen molar-refractivity contribution in [1.82, 2.24) is 0 Å². The number of ketones is 1. The maximum absolute atomic E-state index is 12.6. The van der Waals surface area contributed by atoms with E-state index in [1.165, 1.54) is 0 Å². The molecule has 142 valence electrons. The van der Waals surface area contributed by atoms with Gasteiger partial charge in [-0.15, -0.1) is 0 Å². The molecule has 3 aromatic rings. The van der Waals surface area contributed by atoms with Crippen LogP contribution in [-0.4, -0.2) is 5.78 Å². The number of furan rings is 1. The minimum absolute atomic E-state index is 0.187. The van der Waals surface area contributed by atoms with Crippen molar-refractivity contribution in [3.8, 4) is 11.5 Å². The lowest BCUT2D eigenvalue weighted by Gasteiger charge is -2.13. The van der Waals surface area contributed by atoms with Crippen molar-refractivity contribution in [2.24, 2.45) is 0 Å². The van der Waals surface area contributed by atoms with E-state index in [1.54, 1.807) is 42.5 Å². The van der Waals surface area contributed by atoms with Gasteiger partial charge in [0, 0.05) is 27.2 Å². The Labute approximate surface area is 172 Å². The van der Waals surface area contributed by atoms with Crippen molar-refractivity contribution in [3.63, 3.8) is 0 Å². The number of benzene rings is 2. The fourth-order valence-corrected chi connectivity index (χ4v) is 3.51. The summed E-state index contributed by atoms with van der Waals surface area (Å²) in [7, 11) is 0. The van der Waals surface area contributed by atoms with E-state index in [4.69, 9.17) is 37.1 Å². The normalized spacial score (nSPS) is 14.3. The zero-order valence-electron chi connectivity index (χ0n) is 15.2. The van der Waals surface area contributed by atoms with Crippen molar-refractivity contribution in [3.05, 3.63) is 86.5 Å². The number of allylic oxidation sites excluding steroid dienone is 1. The molecular weight excluding hydrogens is 399 g/mol. The molecule has 1 aliphatic heterocycles. The molecule has 0 atom stereocenters. The van der Waals surface area contributed by atoms with Crippen LogP contribution >= 0.6 is 23.2 Å². The molecule has 0 N–H and O–H groups in total. The average Bonchev–Trinajstić information content (AvgIpc) is 3.21. The molecule has 0 radical (unpaired) electrons. The maximum Gasteiger partial charge on any atom is 0.232 e. The Kier molecular flexibility index (Phi) is 4.92. The number of halogens is 2. The summed E-state index contributed by atoms with van der Waals surface area (Å²) in [6, 6.07) is 12.4. The molecule has 6 heteroatoms. The first-order chi connectivity index (χ1) is 13.4. The first-order valence-electron chi connectivity index (χ1n) is 8.64. The molecule has 4 rings (SSSR count). The number of hydrogen-bond acceptors (Lipinski definition) is 4. The van der Waals surface area contributed by atoms with Crippen LogP contribution in [0.25, 0.3) is 6.08 Å². The summed E-state index contributed by atoms with van der Waals surface area (Å²) in [5, 5.41) is 1.08. The molecule has 0 spiro atoms. The Morgan fingerprint density at radius 3 is 2.46 bits per heavy atom. The minimum Gasteiger partial charge on any atom is -0.488 e. The van der Waals surface area contributed by atoms with Crippen LogP contribution < -0.4 is 9.47 Å². The number of Topliss-reactive ketones (excluding diaryl/α,β-unsaturated/α-hetero) is 1. The highest BCUT2D eigenvalue weighted by Gasteiger charge is 2.30. The number of rotatable bonds is 4. The van der Waals surface area contributed by atoms with Crippen molar-refractivity contribution in [1.29, 1.82) is 0 Å². The second-order valence-corrected chi connectivity index (χ2v) is 7.26. The van der Waals surface area contributed by atoms with E-state index in [1.807, 2.05) is 19.9 Å². The van der Waals surface area contributed by atoms with Gasteiger partial charge in [-0.2, -0.15) is 0 Å². The molecule has 0 fully saturated rings.